The third-order valence-electron chi connectivity index (χ3n) is 7.71. The molecule has 2 amide bonds. The van der Waals surface area contributed by atoms with Gasteiger partial charge in [0.15, 0.2) is 0 Å². The van der Waals surface area contributed by atoms with Gasteiger partial charge in [0.1, 0.15) is 12.6 Å². The Labute approximate surface area is 238 Å². The minimum atomic E-state index is -4.06. The zero-order chi connectivity index (χ0) is 28.7. The lowest BCUT2D eigenvalue weighted by atomic mass is 10.1. The molecule has 0 aliphatic heterocycles. The van der Waals surface area contributed by atoms with Crippen LogP contribution in [-0.4, -0.2) is 43.8 Å². The number of hydrogen-bond donors (Lipinski definition) is 1. The quantitative estimate of drug-likeness (QED) is 0.347. The molecule has 0 saturated heterocycles. The number of sulfonamides is 1. The molecule has 1 unspecified atom stereocenters. The molecule has 7 nitrogen and oxygen atoms in total. The van der Waals surface area contributed by atoms with E-state index in [9.17, 15) is 18.0 Å². The van der Waals surface area contributed by atoms with Crippen molar-refractivity contribution in [1.29, 1.82) is 0 Å². The van der Waals surface area contributed by atoms with Crippen LogP contribution < -0.4 is 9.62 Å². The van der Waals surface area contributed by atoms with Crippen LogP contribution in [0.5, 0.6) is 0 Å². The van der Waals surface area contributed by atoms with Crippen LogP contribution in [0.3, 0.4) is 0 Å². The van der Waals surface area contributed by atoms with E-state index in [0.717, 1.165) is 53.1 Å². The fourth-order valence-electron chi connectivity index (χ4n) is 5.09. The molecule has 1 aliphatic carbocycles. The standard InChI is InChI=1S/C32H39N3O4S/c1-4-26-18-20-29(21-19-26)35(40(38,39)30-16-6-5-7-17-30)23-31(36)34(22-27-13-9-8-12-24(27)2)25(3)32(37)33-28-14-10-11-15-28/h5-9,12-13,16-21,25,28H,4,10-11,14-15,22-23H2,1-3H3,(H,33,37). The van der Waals surface area contributed by atoms with Crippen molar-refractivity contribution in [3.63, 3.8) is 0 Å². The first-order valence-corrected chi connectivity index (χ1v) is 15.5. The van der Waals surface area contributed by atoms with Crippen LogP contribution in [0, 0.1) is 6.92 Å². The molecule has 0 radical (unpaired) electrons. The first kappa shape index (κ1) is 29.3. The second kappa shape index (κ2) is 13.1. The molecule has 0 spiro atoms. The molecular formula is C32H39N3O4S. The van der Waals surface area contributed by atoms with Crippen LogP contribution in [-0.2, 0) is 32.6 Å². The number of rotatable bonds is 11. The minimum Gasteiger partial charge on any atom is -0.352 e. The first-order valence-electron chi connectivity index (χ1n) is 14.0. The Bertz CT molecular complexity index is 1400. The van der Waals surface area contributed by atoms with Gasteiger partial charge in [-0.3, -0.25) is 13.9 Å². The summed E-state index contributed by atoms with van der Waals surface area (Å²) in [4.78, 5) is 29.0. The summed E-state index contributed by atoms with van der Waals surface area (Å²) in [5.74, 6) is -0.671. The van der Waals surface area contributed by atoms with Crippen molar-refractivity contribution in [1.82, 2.24) is 10.2 Å². The van der Waals surface area contributed by atoms with Gasteiger partial charge in [-0.2, -0.15) is 0 Å². The molecular weight excluding hydrogens is 522 g/mol. The first-order chi connectivity index (χ1) is 19.2. The lowest BCUT2D eigenvalue weighted by molar-refractivity contribution is -0.139. The highest BCUT2D eigenvalue weighted by Gasteiger charge is 2.33. The van der Waals surface area contributed by atoms with E-state index < -0.39 is 28.5 Å². The molecule has 40 heavy (non-hydrogen) atoms. The third-order valence-corrected chi connectivity index (χ3v) is 9.50. The molecule has 4 rings (SSSR count). The van der Waals surface area contributed by atoms with Crippen LogP contribution in [0.15, 0.2) is 83.8 Å². The highest BCUT2D eigenvalue weighted by Crippen LogP contribution is 2.26. The number of carbonyl (C=O) groups is 2. The van der Waals surface area contributed by atoms with E-state index in [2.05, 4.69) is 5.32 Å². The van der Waals surface area contributed by atoms with E-state index in [1.165, 1.54) is 17.0 Å². The molecule has 1 fully saturated rings. The predicted octanol–water partition coefficient (Wildman–Crippen LogP) is 5.23. The fourth-order valence-corrected chi connectivity index (χ4v) is 6.53. The van der Waals surface area contributed by atoms with Crippen molar-refractivity contribution in [2.45, 2.75) is 76.4 Å². The summed E-state index contributed by atoms with van der Waals surface area (Å²) in [5.41, 5.74) is 3.35. The number of nitrogens with one attached hydrogen (secondary N) is 1. The maximum atomic E-state index is 14.1. The maximum Gasteiger partial charge on any atom is 0.264 e. The summed E-state index contributed by atoms with van der Waals surface area (Å²) >= 11 is 0. The van der Waals surface area contributed by atoms with E-state index in [1.54, 1.807) is 37.3 Å². The number of benzene rings is 3. The Morgan fingerprint density at radius 1 is 0.925 bits per heavy atom. The van der Waals surface area contributed by atoms with Gasteiger partial charge in [-0.25, -0.2) is 8.42 Å². The number of amides is 2. The van der Waals surface area contributed by atoms with Gasteiger partial charge in [0.2, 0.25) is 11.8 Å². The molecule has 0 bridgehead atoms. The SMILES string of the molecule is CCc1ccc(N(CC(=O)N(Cc2ccccc2C)C(C)C(=O)NC2CCCC2)S(=O)(=O)c2ccccc2)cc1. The molecule has 3 aromatic carbocycles. The minimum absolute atomic E-state index is 0.0971. The second-order valence-corrected chi connectivity index (χ2v) is 12.3. The van der Waals surface area contributed by atoms with E-state index in [0.29, 0.717) is 5.69 Å². The molecule has 8 heteroatoms. The van der Waals surface area contributed by atoms with Crippen molar-refractivity contribution in [3.05, 3.63) is 95.6 Å². The van der Waals surface area contributed by atoms with Crippen LogP contribution >= 0.6 is 0 Å². The van der Waals surface area contributed by atoms with Crippen molar-refractivity contribution < 1.29 is 18.0 Å². The van der Waals surface area contributed by atoms with Crippen LogP contribution in [0.2, 0.25) is 0 Å². The second-order valence-electron chi connectivity index (χ2n) is 10.5. The van der Waals surface area contributed by atoms with Gasteiger partial charge in [-0.15, -0.1) is 0 Å². The highest BCUT2D eigenvalue weighted by molar-refractivity contribution is 7.92. The Morgan fingerprint density at radius 3 is 2.17 bits per heavy atom. The monoisotopic (exact) mass is 561 g/mol. The topological polar surface area (TPSA) is 86.8 Å². The van der Waals surface area contributed by atoms with Crippen molar-refractivity contribution in [2.24, 2.45) is 0 Å². The van der Waals surface area contributed by atoms with Gasteiger partial charge in [0.25, 0.3) is 10.0 Å². The Hall–Kier alpha value is -3.65. The van der Waals surface area contributed by atoms with E-state index in [4.69, 9.17) is 0 Å². The zero-order valence-corrected chi connectivity index (χ0v) is 24.4. The van der Waals surface area contributed by atoms with Gasteiger partial charge in [0.05, 0.1) is 10.6 Å². The predicted molar refractivity (Wildman–Crippen MR) is 158 cm³/mol. The van der Waals surface area contributed by atoms with E-state index >= 15 is 0 Å². The molecule has 1 saturated carbocycles. The summed E-state index contributed by atoms with van der Waals surface area (Å²) in [5, 5.41) is 3.10. The maximum absolute atomic E-state index is 14.1. The van der Waals surface area contributed by atoms with E-state index in [-0.39, 0.29) is 23.4 Å². The number of nitrogens with zero attached hydrogens (tertiary/aromatic N) is 2. The largest absolute Gasteiger partial charge is 0.352 e. The number of carbonyl (C=O) groups excluding carboxylic acids is 2. The summed E-state index contributed by atoms with van der Waals surface area (Å²) in [6.45, 7) is 5.46. The molecule has 1 aliphatic rings. The van der Waals surface area contributed by atoms with Crippen molar-refractivity contribution in [3.8, 4) is 0 Å². The van der Waals surface area contributed by atoms with Gasteiger partial charge >= 0.3 is 0 Å². The average Bonchev–Trinajstić information content (AvgIpc) is 3.48. The zero-order valence-electron chi connectivity index (χ0n) is 23.5. The Morgan fingerprint density at radius 2 is 1.55 bits per heavy atom. The summed E-state index contributed by atoms with van der Waals surface area (Å²) in [6.07, 6.45) is 4.83. The Balaban J connectivity index is 1.68. The highest BCUT2D eigenvalue weighted by atomic mass is 32.2. The molecule has 0 aromatic heterocycles. The summed E-state index contributed by atoms with van der Waals surface area (Å²) in [6, 6.07) is 22.4. The molecule has 1 atom stereocenters. The summed E-state index contributed by atoms with van der Waals surface area (Å²) < 4.78 is 28.9. The van der Waals surface area contributed by atoms with Gasteiger partial charge in [-0.05, 0) is 74.1 Å². The summed E-state index contributed by atoms with van der Waals surface area (Å²) in [7, 11) is -4.06. The average molecular weight is 562 g/mol. The van der Waals surface area contributed by atoms with Gasteiger partial charge < -0.3 is 10.2 Å². The van der Waals surface area contributed by atoms with Gasteiger partial charge in [0, 0.05) is 12.6 Å². The van der Waals surface area contributed by atoms with Crippen molar-refractivity contribution >= 4 is 27.5 Å². The number of anilines is 1. The smallest absolute Gasteiger partial charge is 0.264 e. The molecule has 1 N–H and O–H groups in total. The van der Waals surface area contributed by atoms with Crippen LogP contribution in [0.25, 0.3) is 0 Å². The normalized spacial score (nSPS) is 14.5. The fraction of sp³-hybridized carbons (Fsp3) is 0.375. The Kier molecular flexibility index (Phi) is 9.63. The number of aryl methyl sites for hydroxylation is 2. The third kappa shape index (κ3) is 6.91. The van der Waals surface area contributed by atoms with E-state index in [1.807, 2.05) is 50.2 Å². The molecule has 3 aromatic rings. The van der Waals surface area contributed by atoms with Crippen LogP contribution in [0.1, 0.15) is 56.2 Å². The van der Waals surface area contributed by atoms with Crippen molar-refractivity contribution in [2.75, 3.05) is 10.8 Å². The van der Waals surface area contributed by atoms with Gasteiger partial charge in [-0.1, -0.05) is 74.4 Å². The molecule has 212 valence electrons. The van der Waals surface area contributed by atoms with Crippen LogP contribution in [0.4, 0.5) is 5.69 Å². The molecule has 0 heterocycles. The lowest BCUT2D eigenvalue weighted by Crippen LogP contribution is -2.52. The number of hydrogen-bond acceptors (Lipinski definition) is 4. The lowest BCUT2D eigenvalue weighted by Gasteiger charge is -2.33.